The minimum Gasteiger partial charge on any atom is -0.459 e. The van der Waals surface area contributed by atoms with Crippen molar-refractivity contribution in [2.45, 2.75) is 6.10 Å². The van der Waals surface area contributed by atoms with E-state index in [-0.39, 0.29) is 6.10 Å². The minimum atomic E-state index is -0.133. The Labute approximate surface area is 98.9 Å². The maximum absolute atomic E-state index is 10.2. The molecule has 1 aromatic rings. The van der Waals surface area contributed by atoms with Gasteiger partial charge in [0.05, 0.1) is 0 Å². The predicted octanol–water partition coefficient (Wildman–Crippen LogP) is 3.10. The van der Waals surface area contributed by atoms with E-state index in [4.69, 9.17) is 4.74 Å². The van der Waals surface area contributed by atoms with Crippen LogP contribution in [-0.4, -0.2) is 10.9 Å². The SMILES string of the molecule is O=COC(CI)c1ccc(Br)cc1. The van der Waals surface area contributed by atoms with Crippen LogP contribution < -0.4 is 0 Å². The van der Waals surface area contributed by atoms with Crippen molar-refractivity contribution >= 4 is 45.0 Å². The van der Waals surface area contributed by atoms with E-state index in [0.29, 0.717) is 6.47 Å². The third-order valence-electron chi connectivity index (χ3n) is 1.60. The van der Waals surface area contributed by atoms with Crippen molar-refractivity contribution in [2.24, 2.45) is 0 Å². The highest BCUT2D eigenvalue weighted by Gasteiger charge is 2.09. The number of alkyl halides is 1. The van der Waals surface area contributed by atoms with Gasteiger partial charge in [-0.25, -0.2) is 0 Å². The molecule has 2 nitrogen and oxygen atoms in total. The molecule has 0 aliphatic carbocycles. The second-order valence-electron chi connectivity index (χ2n) is 2.43. The maximum Gasteiger partial charge on any atom is 0.293 e. The van der Waals surface area contributed by atoms with E-state index in [1.807, 2.05) is 24.3 Å². The van der Waals surface area contributed by atoms with E-state index in [2.05, 4.69) is 38.5 Å². The molecule has 0 fully saturated rings. The summed E-state index contributed by atoms with van der Waals surface area (Å²) in [7, 11) is 0. The smallest absolute Gasteiger partial charge is 0.293 e. The van der Waals surface area contributed by atoms with Crippen LogP contribution in [0.1, 0.15) is 11.7 Å². The number of rotatable bonds is 4. The van der Waals surface area contributed by atoms with E-state index >= 15 is 0 Å². The van der Waals surface area contributed by atoms with Gasteiger partial charge in [0.15, 0.2) is 0 Å². The summed E-state index contributed by atoms with van der Waals surface area (Å²) in [5, 5.41) is 0. The first-order valence-corrected chi connectivity index (χ1v) is 6.00. The van der Waals surface area contributed by atoms with Gasteiger partial charge in [-0.2, -0.15) is 0 Å². The lowest BCUT2D eigenvalue weighted by atomic mass is 10.1. The molecule has 13 heavy (non-hydrogen) atoms. The van der Waals surface area contributed by atoms with Crippen LogP contribution in [0.2, 0.25) is 0 Å². The zero-order chi connectivity index (χ0) is 9.68. The summed E-state index contributed by atoms with van der Waals surface area (Å²) in [5.74, 6) is 0. The summed E-state index contributed by atoms with van der Waals surface area (Å²) in [6.07, 6.45) is -0.133. The molecule has 1 aromatic carbocycles. The summed E-state index contributed by atoms with van der Waals surface area (Å²) in [6, 6.07) is 7.75. The topological polar surface area (TPSA) is 26.3 Å². The molecule has 0 saturated carbocycles. The lowest BCUT2D eigenvalue weighted by molar-refractivity contribution is -0.132. The Kier molecular flexibility index (Phi) is 4.72. The first-order valence-electron chi connectivity index (χ1n) is 3.68. The van der Waals surface area contributed by atoms with Crippen molar-refractivity contribution in [3.63, 3.8) is 0 Å². The van der Waals surface area contributed by atoms with Crippen LogP contribution in [0.15, 0.2) is 28.7 Å². The van der Waals surface area contributed by atoms with Gasteiger partial charge in [0.1, 0.15) is 6.10 Å². The Balaban J connectivity index is 2.78. The van der Waals surface area contributed by atoms with Crippen molar-refractivity contribution in [3.8, 4) is 0 Å². The number of hydrogen-bond donors (Lipinski definition) is 0. The number of ether oxygens (including phenoxy) is 1. The second-order valence-corrected chi connectivity index (χ2v) is 4.22. The summed E-state index contributed by atoms with van der Waals surface area (Å²) < 4.78 is 6.70. The highest BCUT2D eigenvalue weighted by molar-refractivity contribution is 14.1. The molecule has 4 heteroatoms. The van der Waals surface area contributed by atoms with Crippen molar-refractivity contribution in [1.29, 1.82) is 0 Å². The van der Waals surface area contributed by atoms with E-state index in [9.17, 15) is 4.79 Å². The summed E-state index contributed by atoms with van der Waals surface area (Å²) >= 11 is 5.53. The number of halogens is 2. The van der Waals surface area contributed by atoms with Gasteiger partial charge < -0.3 is 4.74 Å². The first-order chi connectivity index (χ1) is 6.27. The maximum atomic E-state index is 10.2. The van der Waals surface area contributed by atoms with Crippen LogP contribution in [-0.2, 0) is 9.53 Å². The molecule has 0 aromatic heterocycles. The fourth-order valence-corrected chi connectivity index (χ4v) is 1.93. The molecule has 0 saturated heterocycles. The van der Waals surface area contributed by atoms with Gasteiger partial charge in [-0.05, 0) is 17.7 Å². The molecule has 0 spiro atoms. The fraction of sp³-hybridized carbons (Fsp3) is 0.222. The van der Waals surface area contributed by atoms with Crippen LogP contribution in [0.5, 0.6) is 0 Å². The molecular formula is C9H8BrIO2. The minimum absolute atomic E-state index is 0.133. The van der Waals surface area contributed by atoms with Gasteiger partial charge in [-0.15, -0.1) is 0 Å². The Morgan fingerprint density at radius 1 is 1.46 bits per heavy atom. The number of hydrogen-bond acceptors (Lipinski definition) is 2. The summed E-state index contributed by atoms with van der Waals surface area (Å²) in [4.78, 5) is 10.2. The number of carbonyl (C=O) groups is 1. The van der Waals surface area contributed by atoms with E-state index in [1.165, 1.54) is 0 Å². The van der Waals surface area contributed by atoms with Crippen LogP contribution in [0.4, 0.5) is 0 Å². The second kappa shape index (κ2) is 5.59. The summed E-state index contributed by atoms with van der Waals surface area (Å²) in [6.45, 7) is 0.491. The largest absolute Gasteiger partial charge is 0.459 e. The lowest BCUT2D eigenvalue weighted by Gasteiger charge is -2.11. The fourth-order valence-electron chi connectivity index (χ4n) is 0.949. The van der Waals surface area contributed by atoms with E-state index in [0.717, 1.165) is 14.5 Å². The van der Waals surface area contributed by atoms with Crippen molar-refractivity contribution in [2.75, 3.05) is 4.43 Å². The molecule has 1 rings (SSSR count). The van der Waals surface area contributed by atoms with Crippen LogP contribution in [0.25, 0.3) is 0 Å². The molecular weight excluding hydrogens is 347 g/mol. The Hall–Kier alpha value is -0.100. The summed E-state index contributed by atoms with van der Waals surface area (Å²) in [5.41, 5.74) is 1.02. The molecule has 0 amide bonds. The van der Waals surface area contributed by atoms with Gasteiger partial charge in [0.25, 0.3) is 6.47 Å². The van der Waals surface area contributed by atoms with E-state index in [1.54, 1.807) is 0 Å². The predicted molar refractivity (Wildman–Crippen MR) is 62.9 cm³/mol. The first kappa shape index (κ1) is 11.0. The van der Waals surface area contributed by atoms with Crippen LogP contribution in [0.3, 0.4) is 0 Å². The number of benzene rings is 1. The number of carbonyl (C=O) groups excluding carboxylic acids is 1. The Bertz CT molecular complexity index is 273. The molecule has 0 aliphatic heterocycles. The average molecular weight is 355 g/mol. The Morgan fingerprint density at radius 3 is 2.54 bits per heavy atom. The molecule has 0 aliphatic rings. The van der Waals surface area contributed by atoms with E-state index < -0.39 is 0 Å². The molecule has 1 atom stereocenters. The molecule has 0 N–H and O–H groups in total. The normalized spacial score (nSPS) is 12.2. The van der Waals surface area contributed by atoms with Gasteiger partial charge in [0, 0.05) is 8.90 Å². The molecule has 70 valence electrons. The van der Waals surface area contributed by atoms with Gasteiger partial charge in [0.2, 0.25) is 0 Å². The zero-order valence-electron chi connectivity index (χ0n) is 6.74. The van der Waals surface area contributed by atoms with Gasteiger partial charge in [-0.1, -0.05) is 50.7 Å². The average Bonchev–Trinajstić information content (AvgIpc) is 2.16. The van der Waals surface area contributed by atoms with Crippen LogP contribution >= 0.6 is 38.5 Å². The Morgan fingerprint density at radius 2 is 2.08 bits per heavy atom. The van der Waals surface area contributed by atoms with Gasteiger partial charge in [-0.3, -0.25) is 4.79 Å². The van der Waals surface area contributed by atoms with Crippen molar-refractivity contribution in [1.82, 2.24) is 0 Å². The van der Waals surface area contributed by atoms with Gasteiger partial charge >= 0.3 is 0 Å². The molecule has 0 bridgehead atoms. The van der Waals surface area contributed by atoms with Crippen molar-refractivity contribution < 1.29 is 9.53 Å². The van der Waals surface area contributed by atoms with Crippen LogP contribution in [0, 0.1) is 0 Å². The molecule has 0 heterocycles. The lowest BCUT2D eigenvalue weighted by Crippen LogP contribution is -2.03. The third-order valence-corrected chi connectivity index (χ3v) is 2.93. The zero-order valence-corrected chi connectivity index (χ0v) is 10.5. The highest BCUT2D eigenvalue weighted by Crippen LogP contribution is 2.21. The van der Waals surface area contributed by atoms with Crippen molar-refractivity contribution in [3.05, 3.63) is 34.3 Å². The molecule has 0 radical (unpaired) electrons. The standard InChI is InChI=1S/C9H8BrIO2/c10-8-3-1-7(2-4-8)9(5-11)13-6-12/h1-4,6,9H,5H2. The highest BCUT2D eigenvalue weighted by atomic mass is 127. The third kappa shape index (κ3) is 3.27. The quantitative estimate of drug-likeness (QED) is 0.472. The monoisotopic (exact) mass is 354 g/mol. The molecule has 1 unspecified atom stereocenters.